The third kappa shape index (κ3) is 8.08. The first-order valence-electron chi connectivity index (χ1n) is 15.7. The van der Waals surface area contributed by atoms with Gasteiger partial charge in [-0.15, -0.1) is 0 Å². The van der Waals surface area contributed by atoms with Crippen molar-refractivity contribution in [2.75, 3.05) is 30.0 Å². The quantitative estimate of drug-likeness (QED) is 0.146. The highest BCUT2D eigenvalue weighted by Crippen LogP contribution is 2.38. The van der Waals surface area contributed by atoms with Crippen molar-refractivity contribution < 1.29 is 32.2 Å². The number of ether oxygens (including phenoxy) is 2. The molecule has 1 N–H and O–H groups in total. The third-order valence-corrected chi connectivity index (χ3v) is 7.93. The number of carbonyl (C=O) groups excluding carboxylic acids is 2. The van der Waals surface area contributed by atoms with Gasteiger partial charge in [-0.2, -0.15) is 23.1 Å². The lowest BCUT2D eigenvalue weighted by Crippen LogP contribution is -2.40. The van der Waals surface area contributed by atoms with Crippen molar-refractivity contribution in [3.05, 3.63) is 78.5 Å². The number of hydrogen-bond acceptors (Lipinski definition) is 7. The van der Waals surface area contributed by atoms with Crippen molar-refractivity contribution in [1.29, 1.82) is 0 Å². The van der Waals surface area contributed by atoms with Crippen LogP contribution in [0.1, 0.15) is 61.9 Å². The van der Waals surface area contributed by atoms with E-state index in [1.807, 2.05) is 18.4 Å². The average molecular weight is 651 g/mol. The molecule has 13 heteroatoms. The summed E-state index contributed by atoms with van der Waals surface area (Å²) in [6, 6.07) is 11.4. The molecule has 0 radical (unpaired) electrons. The first kappa shape index (κ1) is 33.4. The molecule has 2 amide bonds. The molecule has 248 valence electrons. The van der Waals surface area contributed by atoms with Crippen molar-refractivity contribution in [3.8, 4) is 22.9 Å². The van der Waals surface area contributed by atoms with E-state index in [0.717, 1.165) is 31.4 Å². The molecule has 2 aromatic heterocycles. The summed E-state index contributed by atoms with van der Waals surface area (Å²) in [5, 5.41) is 2.79. The molecular formula is C34H37F3N6O4. The fourth-order valence-corrected chi connectivity index (χ4v) is 5.34. The van der Waals surface area contributed by atoms with Crippen molar-refractivity contribution in [3.63, 3.8) is 0 Å². The van der Waals surface area contributed by atoms with Gasteiger partial charge in [0.15, 0.2) is 11.5 Å². The molecule has 1 fully saturated rings. The predicted octanol–water partition coefficient (Wildman–Crippen LogP) is 7.02. The van der Waals surface area contributed by atoms with E-state index in [-0.39, 0.29) is 11.8 Å². The van der Waals surface area contributed by atoms with Crippen LogP contribution in [-0.4, -0.2) is 51.1 Å². The van der Waals surface area contributed by atoms with Gasteiger partial charge in [0.05, 0.1) is 25.1 Å². The summed E-state index contributed by atoms with van der Waals surface area (Å²) in [5.41, 5.74) is 0.995. The standard InChI is InChI=1S/C34H37F3N6O4/c1-3-46-31-29(32(47-4-2)39-21-38-31)43(33(45)24-10-9-11-24)19-8-7-18-42-20-28(40-22-42)41-30(44)27-13-6-5-12-26(27)23-14-16-25(17-15-23)34(35,36)37/h5-6,12-17,20-22,24H,3-4,7-11,18-19H2,1-2H3,(H,41,44). The summed E-state index contributed by atoms with van der Waals surface area (Å²) in [6.07, 6.45) is 4.31. The van der Waals surface area contributed by atoms with E-state index in [9.17, 15) is 22.8 Å². The van der Waals surface area contributed by atoms with E-state index in [2.05, 4.69) is 20.3 Å². The van der Waals surface area contributed by atoms with Crippen LogP contribution >= 0.6 is 0 Å². The van der Waals surface area contributed by atoms with Crippen LogP contribution in [0.5, 0.6) is 11.8 Å². The maximum absolute atomic E-state index is 13.6. The first-order valence-corrected chi connectivity index (χ1v) is 15.7. The Morgan fingerprint density at radius 1 is 0.957 bits per heavy atom. The number of alkyl halides is 3. The van der Waals surface area contributed by atoms with E-state index >= 15 is 0 Å². The van der Waals surface area contributed by atoms with Crippen molar-refractivity contribution in [1.82, 2.24) is 19.5 Å². The maximum Gasteiger partial charge on any atom is 0.416 e. The van der Waals surface area contributed by atoms with Gasteiger partial charge in [0.1, 0.15) is 6.33 Å². The number of hydrogen-bond donors (Lipinski definition) is 1. The summed E-state index contributed by atoms with van der Waals surface area (Å²) in [6.45, 7) is 5.46. The highest BCUT2D eigenvalue weighted by Gasteiger charge is 2.34. The Kier molecular flexibility index (Phi) is 10.7. The number of nitrogens with zero attached hydrogens (tertiary/aromatic N) is 5. The molecule has 1 aliphatic carbocycles. The van der Waals surface area contributed by atoms with Crippen LogP contribution in [0.3, 0.4) is 0 Å². The van der Waals surface area contributed by atoms with Gasteiger partial charge in [-0.25, -0.2) is 4.98 Å². The monoisotopic (exact) mass is 650 g/mol. The van der Waals surface area contributed by atoms with Gasteiger partial charge >= 0.3 is 6.18 Å². The van der Waals surface area contributed by atoms with Crippen molar-refractivity contribution in [2.45, 2.75) is 58.7 Å². The molecule has 47 heavy (non-hydrogen) atoms. The third-order valence-electron chi connectivity index (χ3n) is 7.93. The Bertz CT molecular complexity index is 1650. The zero-order chi connectivity index (χ0) is 33.4. The average Bonchev–Trinajstić information content (AvgIpc) is 3.47. The number of rotatable bonds is 14. The lowest BCUT2D eigenvalue weighted by Gasteiger charge is -2.32. The molecule has 0 spiro atoms. The smallest absolute Gasteiger partial charge is 0.416 e. The van der Waals surface area contributed by atoms with Gasteiger partial charge in [-0.3, -0.25) is 9.59 Å². The first-order chi connectivity index (χ1) is 22.7. The molecule has 0 bridgehead atoms. The van der Waals surface area contributed by atoms with Gasteiger partial charge in [-0.1, -0.05) is 36.8 Å². The second kappa shape index (κ2) is 15.1. The molecule has 5 rings (SSSR count). The second-order valence-corrected chi connectivity index (χ2v) is 11.1. The number of benzene rings is 2. The van der Waals surface area contributed by atoms with Crippen LogP contribution < -0.4 is 19.7 Å². The predicted molar refractivity (Wildman–Crippen MR) is 170 cm³/mol. The Labute approximate surface area is 271 Å². The summed E-state index contributed by atoms with van der Waals surface area (Å²) in [4.78, 5) is 41.3. The fraction of sp³-hybridized carbons (Fsp3) is 0.382. The summed E-state index contributed by atoms with van der Waals surface area (Å²) in [7, 11) is 0. The van der Waals surface area contributed by atoms with Gasteiger partial charge in [0, 0.05) is 30.8 Å². The number of anilines is 2. The molecule has 1 saturated carbocycles. The van der Waals surface area contributed by atoms with E-state index in [1.165, 1.54) is 18.5 Å². The highest BCUT2D eigenvalue weighted by atomic mass is 19.4. The second-order valence-electron chi connectivity index (χ2n) is 11.1. The van der Waals surface area contributed by atoms with Gasteiger partial charge in [0.2, 0.25) is 17.7 Å². The van der Waals surface area contributed by atoms with Crippen LogP contribution in [-0.2, 0) is 17.5 Å². The SMILES string of the molecule is CCOc1ncnc(OCC)c1N(CCCCn1cnc(NC(=O)c2ccccc2-c2ccc(C(F)(F)F)cc2)c1)C(=O)C1CCC1. The molecule has 1 aliphatic rings. The molecule has 0 aliphatic heterocycles. The van der Waals surface area contributed by atoms with Crippen LogP contribution in [0.15, 0.2) is 67.4 Å². The van der Waals surface area contributed by atoms with E-state index < -0.39 is 17.6 Å². The minimum atomic E-state index is -4.45. The molecule has 0 atom stereocenters. The van der Waals surface area contributed by atoms with E-state index in [0.29, 0.717) is 79.1 Å². The summed E-state index contributed by atoms with van der Waals surface area (Å²) < 4.78 is 52.5. The molecule has 0 unspecified atom stereocenters. The zero-order valence-corrected chi connectivity index (χ0v) is 26.3. The van der Waals surface area contributed by atoms with Gasteiger partial charge in [0.25, 0.3) is 5.91 Å². The highest BCUT2D eigenvalue weighted by molar-refractivity contribution is 6.08. The van der Waals surface area contributed by atoms with Crippen LogP contribution in [0, 0.1) is 5.92 Å². The van der Waals surface area contributed by atoms with Crippen LogP contribution in [0.4, 0.5) is 24.7 Å². The Balaban J connectivity index is 1.22. The van der Waals surface area contributed by atoms with Crippen LogP contribution in [0.25, 0.3) is 11.1 Å². The summed E-state index contributed by atoms with van der Waals surface area (Å²) >= 11 is 0. The van der Waals surface area contributed by atoms with Crippen molar-refractivity contribution in [2.24, 2.45) is 5.92 Å². The Morgan fingerprint density at radius 2 is 1.64 bits per heavy atom. The Hall–Kier alpha value is -4.94. The number of aryl methyl sites for hydroxylation is 1. The fourth-order valence-electron chi connectivity index (χ4n) is 5.34. The molecular weight excluding hydrogens is 613 g/mol. The molecule has 4 aromatic rings. The number of aromatic nitrogens is 4. The van der Waals surface area contributed by atoms with Gasteiger partial charge in [-0.05, 0) is 68.9 Å². The largest absolute Gasteiger partial charge is 0.476 e. The normalized spacial score (nSPS) is 13.1. The minimum absolute atomic E-state index is 0.0113. The van der Waals surface area contributed by atoms with E-state index in [1.54, 1.807) is 41.7 Å². The molecule has 10 nitrogen and oxygen atoms in total. The number of halogens is 3. The number of carbonyl (C=O) groups is 2. The molecule has 2 heterocycles. The maximum atomic E-state index is 13.6. The summed E-state index contributed by atoms with van der Waals surface area (Å²) in [5.74, 6) is 0.488. The number of imidazole rings is 1. The number of amides is 2. The van der Waals surface area contributed by atoms with E-state index in [4.69, 9.17) is 9.47 Å². The van der Waals surface area contributed by atoms with Crippen molar-refractivity contribution >= 4 is 23.3 Å². The number of unbranched alkanes of at least 4 members (excludes halogenated alkanes) is 1. The van der Waals surface area contributed by atoms with Crippen LogP contribution in [0.2, 0.25) is 0 Å². The molecule has 2 aromatic carbocycles. The lowest BCUT2D eigenvalue weighted by atomic mass is 9.84. The number of nitrogens with one attached hydrogen (secondary N) is 1. The topological polar surface area (TPSA) is 111 Å². The minimum Gasteiger partial charge on any atom is -0.476 e. The Morgan fingerprint density at radius 3 is 2.26 bits per heavy atom. The lowest BCUT2D eigenvalue weighted by molar-refractivity contribution is -0.137. The van der Waals surface area contributed by atoms with Gasteiger partial charge < -0.3 is 24.3 Å². The zero-order valence-electron chi connectivity index (χ0n) is 26.3. The molecule has 0 saturated heterocycles.